The van der Waals surface area contributed by atoms with Crippen molar-refractivity contribution in [2.75, 3.05) is 52.1 Å². The number of amides is 2. The first-order chi connectivity index (χ1) is 14.2. The van der Waals surface area contributed by atoms with E-state index in [1.54, 1.807) is 18.9 Å². The van der Waals surface area contributed by atoms with Crippen molar-refractivity contribution < 1.29 is 27.5 Å². The molecule has 0 N–H and O–H groups in total. The molecule has 2 heterocycles. The first-order valence-corrected chi connectivity index (χ1v) is 12.5. The van der Waals surface area contributed by atoms with Crippen LogP contribution in [0.25, 0.3) is 0 Å². The van der Waals surface area contributed by atoms with Crippen molar-refractivity contribution in [3.63, 3.8) is 0 Å². The summed E-state index contributed by atoms with van der Waals surface area (Å²) in [5, 5.41) is 0. The fourth-order valence-electron chi connectivity index (χ4n) is 4.10. The van der Waals surface area contributed by atoms with E-state index in [2.05, 4.69) is 0 Å². The van der Waals surface area contributed by atoms with Crippen LogP contribution < -0.4 is 0 Å². The predicted octanol–water partition coefficient (Wildman–Crippen LogP) is 0.698. The van der Waals surface area contributed by atoms with Gasteiger partial charge in [0, 0.05) is 33.2 Å². The number of carbonyl (C=O) groups is 3. The van der Waals surface area contributed by atoms with E-state index < -0.39 is 15.9 Å². The van der Waals surface area contributed by atoms with Crippen molar-refractivity contribution in [3.8, 4) is 0 Å². The van der Waals surface area contributed by atoms with Gasteiger partial charge >= 0.3 is 5.97 Å². The second-order valence-corrected chi connectivity index (χ2v) is 10.2. The van der Waals surface area contributed by atoms with Crippen molar-refractivity contribution in [2.24, 2.45) is 11.8 Å². The Labute approximate surface area is 179 Å². The number of nitrogens with zero attached hydrogens (tertiary/aromatic N) is 3. The lowest BCUT2D eigenvalue weighted by Crippen LogP contribution is -2.49. The topological polar surface area (TPSA) is 104 Å². The zero-order chi connectivity index (χ0) is 22.3. The highest BCUT2D eigenvalue weighted by Crippen LogP contribution is 2.22. The molecule has 2 amide bonds. The molecular formula is C20H35N3O6S. The van der Waals surface area contributed by atoms with Gasteiger partial charge in [-0.25, -0.2) is 12.7 Å². The third-order valence-electron chi connectivity index (χ3n) is 5.81. The SMILES string of the molecule is CCCS(=O)(=O)N1CCCC(C(=O)N(C)CC(=O)N2CCC(C(=O)OCC)CC2)C1. The van der Waals surface area contributed by atoms with E-state index in [0.717, 1.165) is 0 Å². The second kappa shape index (κ2) is 11.1. The van der Waals surface area contributed by atoms with Crippen LogP contribution in [0.1, 0.15) is 46.0 Å². The number of hydrogen-bond donors (Lipinski definition) is 0. The molecular weight excluding hydrogens is 410 g/mol. The molecule has 2 fully saturated rings. The molecule has 30 heavy (non-hydrogen) atoms. The normalized spacial score (nSPS) is 21.3. The Morgan fingerprint density at radius 2 is 1.70 bits per heavy atom. The third-order valence-corrected chi connectivity index (χ3v) is 7.85. The summed E-state index contributed by atoms with van der Waals surface area (Å²) in [7, 11) is -1.74. The summed E-state index contributed by atoms with van der Waals surface area (Å²) in [6.45, 7) is 5.47. The van der Waals surface area contributed by atoms with Gasteiger partial charge in [0.25, 0.3) is 0 Å². The average molecular weight is 446 g/mol. The first-order valence-electron chi connectivity index (χ1n) is 10.9. The number of ether oxygens (including phenoxy) is 1. The monoisotopic (exact) mass is 445 g/mol. The number of likely N-dealkylation sites (tertiary alicyclic amines) is 1. The molecule has 2 aliphatic heterocycles. The van der Waals surface area contributed by atoms with E-state index in [9.17, 15) is 22.8 Å². The molecule has 0 saturated carbocycles. The summed E-state index contributed by atoms with van der Waals surface area (Å²) in [5.41, 5.74) is 0. The lowest BCUT2D eigenvalue weighted by molar-refractivity contribution is -0.151. The summed E-state index contributed by atoms with van der Waals surface area (Å²) < 4.78 is 31.1. The smallest absolute Gasteiger partial charge is 0.309 e. The summed E-state index contributed by atoms with van der Waals surface area (Å²) in [6, 6.07) is 0. The average Bonchev–Trinajstić information content (AvgIpc) is 2.73. The minimum Gasteiger partial charge on any atom is -0.466 e. The minimum absolute atomic E-state index is 0.0406. The number of piperidine rings is 2. The molecule has 0 aromatic rings. The number of carbonyl (C=O) groups excluding carboxylic acids is 3. The summed E-state index contributed by atoms with van der Waals surface area (Å²) in [6.07, 6.45) is 2.94. The Balaban J connectivity index is 1.85. The fraction of sp³-hybridized carbons (Fsp3) is 0.850. The van der Waals surface area contributed by atoms with Crippen LogP contribution >= 0.6 is 0 Å². The van der Waals surface area contributed by atoms with E-state index in [0.29, 0.717) is 58.3 Å². The molecule has 0 spiro atoms. The van der Waals surface area contributed by atoms with Crippen LogP contribution in [-0.4, -0.2) is 92.4 Å². The van der Waals surface area contributed by atoms with Crippen molar-refractivity contribution in [1.82, 2.24) is 14.1 Å². The van der Waals surface area contributed by atoms with Gasteiger partial charge in [0.05, 0.1) is 30.7 Å². The van der Waals surface area contributed by atoms with E-state index >= 15 is 0 Å². The molecule has 10 heteroatoms. The Hall–Kier alpha value is -1.68. The van der Waals surface area contributed by atoms with Gasteiger partial charge in [-0.2, -0.15) is 0 Å². The van der Waals surface area contributed by atoms with E-state index in [1.807, 2.05) is 6.92 Å². The molecule has 1 unspecified atom stereocenters. The number of esters is 1. The van der Waals surface area contributed by atoms with Crippen molar-refractivity contribution in [3.05, 3.63) is 0 Å². The van der Waals surface area contributed by atoms with Gasteiger partial charge in [0.15, 0.2) is 0 Å². The van der Waals surface area contributed by atoms with Crippen molar-refractivity contribution >= 4 is 27.8 Å². The van der Waals surface area contributed by atoms with Crippen LogP contribution in [0.15, 0.2) is 0 Å². The van der Waals surface area contributed by atoms with Crippen molar-refractivity contribution in [2.45, 2.75) is 46.0 Å². The van der Waals surface area contributed by atoms with Crippen LogP contribution in [0.4, 0.5) is 0 Å². The number of likely N-dealkylation sites (N-methyl/N-ethyl adjacent to an activating group) is 1. The van der Waals surface area contributed by atoms with Gasteiger partial charge in [-0.15, -0.1) is 0 Å². The van der Waals surface area contributed by atoms with E-state index in [-0.39, 0.29) is 42.5 Å². The lowest BCUT2D eigenvalue weighted by atomic mass is 9.96. The largest absolute Gasteiger partial charge is 0.466 e. The van der Waals surface area contributed by atoms with Crippen molar-refractivity contribution in [1.29, 1.82) is 0 Å². The van der Waals surface area contributed by atoms with E-state index in [1.165, 1.54) is 9.21 Å². The predicted molar refractivity (Wildman–Crippen MR) is 112 cm³/mol. The highest BCUT2D eigenvalue weighted by atomic mass is 32.2. The molecule has 1 atom stereocenters. The zero-order valence-electron chi connectivity index (χ0n) is 18.3. The molecule has 0 aromatic heterocycles. The Kier molecular flexibility index (Phi) is 9.09. The Morgan fingerprint density at radius 3 is 2.30 bits per heavy atom. The van der Waals surface area contributed by atoms with Gasteiger partial charge in [-0.3, -0.25) is 14.4 Å². The van der Waals surface area contributed by atoms with E-state index in [4.69, 9.17) is 4.74 Å². The summed E-state index contributed by atoms with van der Waals surface area (Å²) in [5.74, 6) is -1.06. The summed E-state index contributed by atoms with van der Waals surface area (Å²) >= 11 is 0. The minimum atomic E-state index is -3.33. The number of hydrogen-bond acceptors (Lipinski definition) is 6. The highest BCUT2D eigenvalue weighted by Gasteiger charge is 2.34. The molecule has 0 bridgehead atoms. The molecule has 0 aromatic carbocycles. The first kappa shape index (κ1) is 24.6. The molecule has 0 aliphatic carbocycles. The molecule has 2 saturated heterocycles. The van der Waals surface area contributed by atoms with Gasteiger partial charge in [0.2, 0.25) is 21.8 Å². The standard InChI is InChI=1S/C20H35N3O6S/c1-4-13-30(27,28)23-10-6-7-17(14-23)19(25)21(3)15-18(24)22-11-8-16(9-12-22)20(26)29-5-2/h16-17H,4-15H2,1-3H3. The van der Waals surface area contributed by atoms with Crippen LogP contribution in [0.3, 0.4) is 0 Å². The molecule has 172 valence electrons. The highest BCUT2D eigenvalue weighted by molar-refractivity contribution is 7.89. The van der Waals surface area contributed by atoms with Crippen LogP contribution in [-0.2, 0) is 29.1 Å². The maximum absolute atomic E-state index is 12.8. The van der Waals surface area contributed by atoms with Crippen LogP contribution in [0.2, 0.25) is 0 Å². The third kappa shape index (κ3) is 6.41. The van der Waals surface area contributed by atoms with Gasteiger partial charge in [-0.05, 0) is 39.0 Å². The van der Waals surface area contributed by atoms with Gasteiger partial charge in [-0.1, -0.05) is 6.92 Å². The zero-order valence-corrected chi connectivity index (χ0v) is 19.2. The quantitative estimate of drug-likeness (QED) is 0.510. The lowest BCUT2D eigenvalue weighted by Gasteiger charge is -2.34. The molecule has 2 rings (SSSR count). The number of rotatable bonds is 8. The Morgan fingerprint density at radius 1 is 1.03 bits per heavy atom. The molecule has 9 nitrogen and oxygen atoms in total. The second-order valence-electron chi connectivity index (χ2n) is 8.11. The molecule has 2 aliphatic rings. The van der Waals surface area contributed by atoms with Gasteiger partial charge < -0.3 is 14.5 Å². The fourth-order valence-corrected chi connectivity index (χ4v) is 5.69. The van der Waals surface area contributed by atoms with Crippen LogP contribution in [0, 0.1) is 11.8 Å². The molecule has 0 radical (unpaired) electrons. The van der Waals surface area contributed by atoms with Crippen LogP contribution in [0.5, 0.6) is 0 Å². The Bertz CT molecular complexity index is 718. The van der Waals surface area contributed by atoms with Gasteiger partial charge in [0.1, 0.15) is 0 Å². The maximum atomic E-state index is 12.8. The number of sulfonamides is 1. The summed E-state index contributed by atoms with van der Waals surface area (Å²) in [4.78, 5) is 40.4. The maximum Gasteiger partial charge on any atom is 0.309 e.